The zero-order valence-corrected chi connectivity index (χ0v) is 12.2. The first kappa shape index (κ1) is 14.3. The predicted octanol–water partition coefficient (Wildman–Crippen LogP) is 2.55. The SMILES string of the molecule is NC(=S)C1CCCCN1C(=O)Cc1ccccc1Cl. The summed E-state index contributed by atoms with van der Waals surface area (Å²) in [6, 6.07) is 7.31. The number of nitrogens with two attached hydrogens (primary N) is 1. The molecule has 0 spiro atoms. The average Bonchev–Trinajstić information content (AvgIpc) is 2.41. The number of carbonyl (C=O) groups is 1. The van der Waals surface area contributed by atoms with E-state index in [2.05, 4.69) is 0 Å². The topological polar surface area (TPSA) is 46.3 Å². The fraction of sp³-hybridized carbons (Fsp3) is 0.429. The van der Waals surface area contributed by atoms with E-state index in [9.17, 15) is 4.79 Å². The molecule has 3 nitrogen and oxygen atoms in total. The van der Waals surface area contributed by atoms with Crippen LogP contribution in [-0.4, -0.2) is 28.4 Å². The minimum Gasteiger partial charge on any atom is -0.392 e. The lowest BCUT2D eigenvalue weighted by molar-refractivity contribution is -0.132. The summed E-state index contributed by atoms with van der Waals surface area (Å²) in [5, 5.41) is 0.625. The first-order chi connectivity index (χ1) is 9.09. The molecule has 0 saturated carbocycles. The number of likely N-dealkylation sites (tertiary alicyclic amines) is 1. The molecule has 2 rings (SSSR count). The molecule has 5 heteroatoms. The Hall–Kier alpha value is -1.13. The molecule has 1 aliphatic rings. The molecule has 1 atom stereocenters. The minimum atomic E-state index is -0.0984. The highest BCUT2D eigenvalue weighted by Crippen LogP contribution is 2.21. The van der Waals surface area contributed by atoms with Crippen molar-refractivity contribution < 1.29 is 4.79 Å². The maximum absolute atomic E-state index is 12.4. The molecule has 1 saturated heterocycles. The van der Waals surface area contributed by atoms with Gasteiger partial charge in [0.2, 0.25) is 5.91 Å². The van der Waals surface area contributed by atoms with Gasteiger partial charge in [0, 0.05) is 11.6 Å². The Morgan fingerprint density at radius 2 is 2.16 bits per heavy atom. The van der Waals surface area contributed by atoms with Crippen molar-refractivity contribution in [1.82, 2.24) is 4.90 Å². The van der Waals surface area contributed by atoms with Crippen molar-refractivity contribution in [3.05, 3.63) is 34.9 Å². The number of benzene rings is 1. The van der Waals surface area contributed by atoms with E-state index in [1.54, 1.807) is 11.0 Å². The molecule has 1 aliphatic heterocycles. The molecule has 0 bridgehead atoms. The van der Waals surface area contributed by atoms with Gasteiger partial charge in [0.05, 0.1) is 17.5 Å². The summed E-state index contributed by atoms with van der Waals surface area (Å²) in [7, 11) is 0. The van der Waals surface area contributed by atoms with Crippen LogP contribution >= 0.6 is 23.8 Å². The number of hydrogen-bond donors (Lipinski definition) is 1. The highest BCUT2D eigenvalue weighted by Gasteiger charge is 2.28. The van der Waals surface area contributed by atoms with E-state index in [0.717, 1.165) is 31.4 Å². The van der Waals surface area contributed by atoms with Crippen LogP contribution < -0.4 is 5.73 Å². The van der Waals surface area contributed by atoms with Crippen molar-refractivity contribution in [2.45, 2.75) is 31.7 Å². The Labute approximate surface area is 123 Å². The van der Waals surface area contributed by atoms with Gasteiger partial charge in [-0.1, -0.05) is 42.0 Å². The first-order valence-corrected chi connectivity index (χ1v) is 7.20. The van der Waals surface area contributed by atoms with Gasteiger partial charge >= 0.3 is 0 Å². The van der Waals surface area contributed by atoms with Gasteiger partial charge in [-0.3, -0.25) is 4.79 Å². The molecule has 1 heterocycles. The molecular formula is C14H17ClN2OS. The van der Waals surface area contributed by atoms with Crippen molar-refractivity contribution in [1.29, 1.82) is 0 Å². The van der Waals surface area contributed by atoms with Crippen LogP contribution in [0.5, 0.6) is 0 Å². The van der Waals surface area contributed by atoms with E-state index in [4.69, 9.17) is 29.6 Å². The minimum absolute atomic E-state index is 0.0469. The van der Waals surface area contributed by atoms with Gasteiger partial charge in [-0.15, -0.1) is 0 Å². The molecule has 2 N–H and O–H groups in total. The molecule has 1 fully saturated rings. The maximum Gasteiger partial charge on any atom is 0.227 e. The lowest BCUT2D eigenvalue weighted by Gasteiger charge is -2.35. The van der Waals surface area contributed by atoms with E-state index in [1.165, 1.54) is 0 Å². The molecule has 1 amide bonds. The fourth-order valence-electron chi connectivity index (χ4n) is 2.43. The van der Waals surface area contributed by atoms with Crippen molar-refractivity contribution in [3.63, 3.8) is 0 Å². The Morgan fingerprint density at radius 1 is 1.42 bits per heavy atom. The second kappa shape index (κ2) is 6.35. The number of amides is 1. The van der Waals surface area contributed by atoms with Gasteiger partial charge in [-0.2, -0.15) is 0 Å². The lowest BCUT2D eigenvalue weighted by Crippen LogP contribution is -2.50. The van der Waals surface area contributed by atoms with E-state index >= 15 is 0 Å². The monoisotopic (exact) mass is 296 g/mol. The van der Waals surface area contributed by atoms with Crippen LogP contribution in [0.2, 0.25) is 5.02 Å². The van der Waals surface area contributed by atoms with Crippen LogP contribution in [0, 0.1) is 0 Å². The smallest absolute Gasteiger partial charge is 0.227 e. The largest absolute Gasteiger partial charge is 0.392 e. The summed E-state index contributed by atoms with van der Waals surface area (Å²) < 4.78 is 0. The fourth-order valence-corrected chi connectivity index (χ4v) is 2.88. The predicted molar refractivity (Wildman–Crippen MR) is 81.3 cm³/mol. The van der Waals surface area contributed by atoms with Gasteiger partial charge in [-0.05, 0) is 30.9 Å². The summed E-state index contributed by atoms with van der Waals surface area (Å²) in [5.74, 6) is 0.0469. The van der Waals surface area contributed by atoms with Gasteiger partial charge in [0.1, 0.15) is 0 Å². The Balaban J connectivity index is 2.10. The molecule has 19 heavy (non-hydrogen) atoms. The summed E-state index contributed by atoms with van der Waals surface area (Å²) in [5.41, 5.74) is 6.58. The number of rotatable bonds is 3. The van der Waals surface area contributed by atoms with Gasteiger partial charge in [0.25, 0.3) is 0 Å². The van der Waals surface area contributed by atoms with Crippen LogP contribution in [0.1, 0.15) is 24.8 Å². The van der Waals surface area contributed by atoms with Gasteiger partial charge in [-0.25, -0.2) is 0 Å². The molecule has 0 radical (unpaired) electrons. The molecule has 0 aliphatic carbocycles. The van der Waals surface area contributed by atoms with Crippen molar-refractivity contribution in [3.8, 4) is 0 Å². The van der Waals surface area contributed by atoms with Crippen LogP contribution in [0.15, 0.2) is 24.3 Å². The van der Waals surface area contributed by atoms with E-state index in [-0.39, 0.29) is 11.9 Å². The third-order valence-electron chi connectivity index (χ3n) is 3.45. The Bertz CT molecular complexity index is 492. The second-order valence-corrected chi connectivity index (χ2v) is 5.65. The van der Waals surface area contributed by atoms with E-state index in [1.807, 2.05) is 18.2 Å². The molecule has 1 unspecified atom stereocenters. The molecule has 102 valence electrons. The summed E-state index contributed by atoms with van der Waals surface area (Å²) in [4.78, 5) is 14.6. The standard InChI is InChI=1S/C14H17ClN2OS/c15-11-6-2-1-5-10(11)9-13(18)17-8-4-3-7-12(17)14(16)19/h1-2,5-6,12H,3-4,7-9H2,(H2,16,19). The number of halogens is 1. The number of piperidine rings is 1. The van der Waals surface area contributed by atoms with Crippen LogP contribution in [-0.2, 0) is 11.2 Å². The van der Waals surface area contributed by atoms with Crippen molar-refractivity contribution in [2.75, 3.05) is 6.54 Å². The number of carbonyl (C=O) groups excluding carboxylic acids is 1. The Morgan fingerprint density at radius 3 is 2.84 bits per heavy atom. The van der Waals surface area contributed by atoms with Gasteiger partial charge < -0.3 is 10.6 Å². The second-order valence-electron chi connectivity index (χ2n) is 4.77. The third-order valence-corrected chi connectivity index (χ3v) is 4.09. The normalized spacial score (nSPS) is 19.2. The zero-order chi connectivity index (χ0) is 13.8. The van der Waals surface area contributed by atoms with Crippen molar-refractivity contribution >= 4 is 34.7 Å². The average molecular weight is 297 g/mol. The molecular weight excluding hydrogens is 280 g/mol. The van der Waals surface area contributed by atoms with Crippen LogP contribution in [0.3, 0.4) is 0 Å². The zero-order valence-electron chi connectivity index (χ0n) is 10.6. The van der Waals surface area contributed by atoms with E-state index < -0.39 is 0 Å². The molecule has 1 aromatic rings. The maximum atomic E-state index is 12.4. The van der Waals surface area contributed by atoms with Gasteiger partial charge in [0.15, 0.2) is 0 Å². The third kappa shape index (κ3) is 3.45. The highest BCUT2D eigenvalue weighted by molar-refractivity contribution is 7.80. The Kier molecular flexibility index (Phi) is 4.77. The van der Waals surface area contributed by atoms with E-state index in [0.29, 0.717) is 16.4 Å². The summed E-state index contributed by atoms with van der Waals surface area (Å²) >= 11 is 11.1. The van der Waals surface area contributed by atoms with Crippen LogP contribution in [0.25, 0.3) is 0 Å². The highest BCUT2D eigenvalue weighted by atomic mass is 35.5. The number of hydrogen-bond acceptors (Lipinski definition) is 2. The lowest BCUT2D eigenvalue weighted by atomic mass is 10.0. The molecule has 1 aromatic carbocycles. The first-order valence-electron chi connectivity index (χ1n) is 6.42. The summed E-state index contributed by atoms with van der Waals surface area (Å²) in [6.07, 6.45) is 3.24. The molecule has 0 aromatic heterocycles. The summed E-state index contributed by atoms with van der Waals surface area (Å²) in [6.45, 7) is 0.727. The quantitative estimate of drug-likeness (QED) is 0.872. The van der Waals surface area contributed by atoms with Crippen LogP contribution in [0.4, 0.5) is 0 Å². The number of nitrogens with zero attached hydrogens (tertiary/aromatic N) is 1. The van der Waals surface area contributed by atoms with Crippen molar-refractivity contribution in [2.24, 2.45) is 5.73 Å². The number of thiocarbonyl (C=S) groups is 1.